The predicted molar refractivity (Wildman–Crippen MR) is 95.9 cm³/mol. The average Bonchev–Trinajstić information content (AvgIpc) is 2.54. The summed E-state index contributed by atoms with van der Waals surface area (Å²) >= 11 is 9.46. The molecule has 0 aliphatic heterocycles. The first-order chi connectivity index (χ1) is 11.0. The van der Waals surface area contributed by atoms with Crippen LogP contribution in [0.1, 0.15) is 24.2 Å². The van der Waals surface area contributed by atoms with Gasteiger partial charge < -0.3 is 5.32 Å². The summed E-state index contributed by atoms with van der Waals surface area (Å²) in [7, 11) is 0. The lowest BCUT2D eigenvalue weighted by Gasteiger charge is -2.15. The lowest BCUT2D eigenvalue weighted by molar-refractivity contribution is 0.565. The van der Waals surface area contributed by atoms with Gasteiger partial charge in [-0.2, -0.15) is 0 Å². The van der Waals surface area contributed by atoms with Crippen molar-refractivity contribution in [2.75, 3.05) is 0 Å². The van der Waals surface area contributed by atoms with Crippen molar-refractivity contribution in [3.05, 3.63) is 79.8 Å². The van der Waals surface area contributed by atoms with E-state index in [9.17, 15) is 4.79 Å². The molecule has 0 saturated carbocycles. The Balaban J connectivity index is 1.81. The predicted octanol–water partition coefficient (Wildman–Crippen LogP) is 3.96. The maximum atomic E-state index is 12.1. The number of hydrogen-bond acceptors (Lipinski definition) is 3. The molecule has 0 radical (unpaired) electrons. The van der Waals surface area contributed by atoms with E-state index in [1.807, 2.05) is 18.2 Å². The van der Waals surface area contributed by atoms with E-state index in [0.29, 0.717) is 22.9 Å². The fraction of sp³-hybridized carbons (Fsp3) is 0.176. The van der Waals surface area contributed by atoms with Crippen molar-refractivity contribution in [3.63, 3.8) is 0 Å². The average molecular weight is 393 g/mol. The Morgan fingerprint density at radius 3 is 2.87 bits per heavy atom. The lowest BCUT2D eigenvalue weighted by Crippen LogP contribution is -2.22. The number of nitrogens with zero attached hydrogens (tertiary/aromatic N) is 2. The number of pyridine rings is 1. The molecule has 4 nitrogen and oxygen atoms in total. The number of nitrogens with one attached hydrogen (secondary N) is 1. The van der Waals surface area contributed by atoms with Gasteiger partial charge >= 0.3 is 0 Å². The summed E-state index contributed by atoms with van der Waals surface area (Å²) < 4.78 is 2.50. The summed E-state index contributed by atoms with van der Waals surface area (Å²) in [6, 6.07) is 13.2. The highest BCUT2D eigenvalue weighted by molar-refractivity contribution is 9.10. The third-order valence-electron chi connectivity index (χ3n) is 3.64. The van der Waals surface area contributed by atoms with E-state index >= 15 is 0 Å². The number of hydrogen-bond donors (Lipinski definition) is 1. The van der Waals surface area contributed by atoms with E-state index in [1.165, 1.54) is 10.5 Å². The van der Waals surface area contributed by atoms with Crippen LogP contribution in [0.5, 0.6) is 0 Å². The molecular formula is C17H15BrClN3O. The quantitative estimate of drug-likeness (QED) is 0.731. The topological polar surface area (TPSA) is 46.4 Å². The fourth-order valence-corrected chi connectivity index (χ4v) is 3.20. The molecule has 0 aliphatic carbocycles. The van der Waals surface area contributed by atoms with Crippen LogP contribution in [0.4, 0.5) is 0 Å². The number of aromatic nitrogens is 2. The van der Waals surface area contributed by atoms with Crippen molar-refractivity contribution in [2.45, 2.75) is 19.5 Å². The first-order valence-corrected chi connectivity index (χ1v) is 8.37. The van der Waals surface area contributed by atoms with Crippen LogP contribution in [0.3, 0.4) is 0 Å². The molecule has 2 heterocycles. The summed E-state index contributed by atoms with van der Waals surface area (Å²) in [4.78, 5) is 16.6. The minimum atomic E-state index is -0.136. The molecule has 0 aliphatic rings. The molecule has 0 spiro atoms. The van der Waals surface area contributed by atoms with Gasteiger partial charge in [-0.3, -0.25) is 9.20 Å². The smallest absolute Gasteiger partial charge is 0.258 e. The normalized spacial score (nSPS) is 12.5. The molecule has 23 heavy (non-hydrogen) atoms. The van der Waals surface area contributed by atoms with Gasteiger partial charge in [-0.1, -0.05) is 45.7 Å². The Morgan fingerprint density at radius 2 is 2.09 bits per heavy atom. The van der Waals surface area contributed by atoms with E-state index in [2.05, 4.69) is 39.2 Å². The van der Waals surface area contributed by atoms with Crippen LogP contribution in [-0.2, 0) is 6.54 Å². The summed E-state index contributed by atoms with van der Waals surface area (Å²) in [6.07, 6.45) is 1.58. The molecule has 3 rings (SSSR count). The van der Waals surface area contributed by atoms with Crippen LogP contribution in [-0.4, -0.2) is 9.38 Å². The monoisotopic (exact) mass is 391 g/mol. The first-order valence-electron chi connectivity index (χ1n) is 7.20. The molecule has 0 fully saturated rings. The third-order valence-corrected chi connectivity index (χ3v) is 4.58. The molecule has 1 N–H and O–H groups in total. The number of fused-ring (bicyclic) bond motifs is 1. The summed E-state index contributed by atoms with van der Waals surface area (Å²) in [5.41, 5.74) is 2.32. The second kappa shape index (κ2) is 6.83. The molecule has 0 saturated heterocycles. The van der Waals surface area contributed by atoms with E-state index in [1.54, 1.807) is 18.3 Å². The molecule has 0 amide bonds. The minimum absolute atomic E-state index is 0.135. The van der Waals surface area contributed by atoms with Gasteiger partial charge in [-0.25, -0.2) is 4.98 Å². The van der Waals surface area contributed by atoms with Crippen LogP contribution in [0.25, 0.3) is 5.65 Å². The highest BCUT2D eigenvalue weighted by atomic mass is 79.9. The van der Waals surface area contributed by atoms with Crippen LogP contribution in [0, 0.1) is 0 Å². The Hall–Kier alpha value is -1.69. The van der Waals surface area contributed by atoms with Gasteiger partial charge in [0.2, 0.25) is 0 Å². The van der Waals surface area contributed by atoms with Gasteiger partial charge in [0.1, 0.15) is 5.65 Å². The number of benzene rings is 1. The zero-order valence-electron chi connectivity index (χ0n) is 12.5. The SMILES string of the molecule is CC(NCc1cc(=O)n2cc(Cl)ccc2n1)c1ccccc1Br. The second-order valence-corrected chi connectivity index (χ2v) is 6.58. The lowest BCUT2D eigenvalue weighted by atomic mass is 10.1. The van der Waals surface area contributed by atoms with Crippen molar-refractivity contribution in [2.24, 2.45) is 0 Å². The van der Waals surface area contributed by atoms with Gasteiger partial charge in [0.25, 0.3) is 5.56 Å². The van der Waals surface area contributed by atoms with Crippen molar-refractivity contribution >= 4 is 33.2 Å². The molecule has 3 aromatic rings. The molecular weight excluding hydrogens is 378 g/mol. The van der Waals surface area contributed by atoms with Crippen molar-refractivity contribution < 1.29 is 0 Å². The largest absolute Gasteiger partial charge is 0.305 e. The van der Waals surface area contributed by atoms with Gasteiger partial charge in [-0.05, 0) is 30.7 Å². The summed E-state index contributed by atoms with van der Waals surface area (Å²) in [5.74, 6) is 0. The van der Waals surface area contributed by atoms with Crippen LogP contribution >= 0.6 is 27.5 Å². The molecule has 6 heteroatoms. The maximum Gasteiger partial charge on any atom is 0.258 e. The van der Waals surface area contributed by atoms with E-state index in [0.717, 1.165) is 10.0 Å². The fourth-order valence-electron chi connectivity index (χ4n) is 2.41. The number of halogens is 2. The van der Waals surface area contributed by atoms with E-state index in [-0.39, 0.29) is 11.6 Å². The highest BCUT2D eigenvalue weighted by Crippen LogP contribution is 2.22. The summed E-state index contributed by atoms with van der Waals surface area (Å²) in [6.45, 7) is 2.59. The molecule has 2 aromatic heterocycles. The van der Waals surface area contributed by atoms with Gasteiger partial charge in [-0.15, -0.1) is 0 Å². The third kappa shape index (κ3) is 3.63. The van der Waals surface area contributed by atoms with Crippen LogP contribution in [0.15, 0.2) is 57.9 Å². The Labute approximate surface area is 147 Å². The van der Waals surface area contributed by atoms with Crippen molar-refractivity contribution in [3.8, 4) is 0 Å². The van der Waals surface area contributed by atoms with Crippen molar-refractivity contribution in [1.82, 2.24) is 14.7 Å². The zero-order valence-corrected chi connectivity index (χ0v) is 14.8. The Kier molecular flexibility index (Phi) is 4.80. The van der Waals surface area contributed by atoms with Gasteiger partial charge in [0.05, 0.1) is 10.7 Å². The molecule has 1 unspecified atom stereocenters. The maximum absolute atomic E-state index is 12.1. The van der Waals surface area contributed by atoms with E-state index in [4.69, 9.17) is 11.6 Å². The molecule has 0 bridgehead atoms. The molecule has 1 atom stereocenters. The van der Waals surface area contributed by atoms with Crippen LogP contribution in [0.2, 0.25) is 5.02 Å². The Bertz CT molecular complexity index is 910. The number of rotatable bonds is 4. The first kappa shape index (κ1) is 16.2. The van der Waals surface area contributed by atoms with Gasteiger partial charge in [0.15, 0.2) is 0 Å². The second-order valence-electron chi connectivity index (χ2n) is 5.29. The summed E-state index contributed by atoms with van der Waals surface area (Å²) in [5, 5.41) is 3.90. The highest BCUT2D eigenvalue weighted by Gasteiger charge is 2.09. The van der Waals surface area contributed by atoms with Crippen molar-refractivity contribution in [1.29, 1.82) is 0 Å². The van der Waals surface area contributed by atoms with Crippen LogP contribution < -0.4 is 10.9 Å². The van der Waals surface area contributed by atoms with Gasteiger partial charge in [0, 0.05) is 29.3 Å². The minimum Gasteiger partial charge on any atom is -0.305 e. The zero-order chi connectivity index (χ0) is 16.4. The standard InChI is InChI=1S/C17H15BrClN3O/c1-11(14-4-2-3-5-15(14)18)20-9-13-8-17(23)22-10-12(19)6-7-16(22)21-13/h2-8,10-11,20H,9H2,1H3. The van der Waals surface area contributed by atoms with E-state index < -0.39 is 0 Å². The molecule has 118 valence electrons. The molecule has 1 aromatic carbocycles. The Morgan fingerprint density at radius 1 is 1.30 bits per heavy atom.